The van der Waals surface area contributed by atoms with Gasteiger partial charge in [0.2, 0.25) is 5.91 Å². The second-order valence-corrected chi connectivity index (χ2v) is 5.16. The molecule has 0 radical (unpaired) electrons. The summed E-state index contributed by atoms with van der Waals surface area (Å²) in [4.78, 5) is 27.7. The molecule has 0 fully saturated rings. The number of nitrogens with one attached hydrogen (secondary N) is 1. The molecule has 1 aliphatic heterocycles. The van der Waals surface area contributed by atoms with E-state index in [-0.39, 0.29) is 17.5 Å². The Labute approximate surface area is 127 Å². The highest BCUT2D eigenvalue weighted by Gasteiger charge is 2.25. The lowest BCUT2D eigenvalue weighted by molar-refractivity contribution is -0.116. The van der Waals surface area contributed by atoms with Gasteiger partial charge in [0, 0.05) is 23.8 Å². The van der Waals surface area contributed by atoms with E-state index in [1.165, 1.54) is 6.07 Å². The summed E-state index contributed by atoms with van der Waals surface area (Å²) in [5.41, 5.74) is 2.44. The minimum Gasteiger partial charge on any atom is -0.361 e. The van der Waals surface area contributed by atoms with Gasteiger partial charge in [-0.1, -0.05) is 23.7 Å². The van der Waals surface area contributed by atoms with E-state index in [0.29, 0.717) is 11.5 Å². The van der Waals surface area contributed by atoms with E-state index < -0.39 is 5.91 Å². The maximum atomic E-state index is 12.0. The number of allylic oxidation sites excluding steroid dienone is 3. The topological polar surface area (TPSA) is 84.6 Å². The van der Waals surface area contributed by atoms with Crippen LogP contribution in [0.3, 0.4) is 0 Å². The average Bonchev–Trinajstić information content (AvgIpc) is 2.92. The van der Waals surface area contributed by atoms with Crippen LogP contribution in [0.1, 0.15) is 29.6 Å². The molecular formula is C16H15N3O3. The molecule has 1 aromatic rings. The summed E-state index contributed by atoms with van der Waals surface area (Å²) in [5, 5.41) is 6.44. The number of carbonyl (C=O) groups is 2. The van der Waals surface area contributed by atoms with Gasteiger partial charge in [-0.05, 0) is 25.5 Å². The molecule has 2 heterocycles. The van der Waals surface area contributed by atoms with Gasteiger partial charge in [-0.25, -0.2) is 4.99 Å². The number of fused-ring (bicyclic) bond motifs is 1. The van der Waals surface area contributed by atoms with Gasteiger partial charge in [0.1, 0.15) is 5.76 Å². The van der Waals surface area contributed by atoms with Crippen molar-refractivity contribution in [3.8, 4) is 0 Å². The third-order valence-electron chi connectivity index (χ3n) is 3.57. The monoisotopic (exact) mass is 297 g/mol. The molecule has 3 rings (SSSR count). The van der Waals surface area contributed by atoms with Crippen LogP contribution in [-0.4, -0.2) is 22.7 Å². The van der Waals surface area contributed by atoms with E-state index in [0.717, 1.165) is 17.7 Å². The van der Waals surface area contributed by atoms with E-state index >= 15 is 0 Å². The maximum Gasteiger partial charge on any atom is 0.299 e. The minimum atomic E-state index is -0.472. The summed E-state index contributed by atoms with van der Waals surface area (Å²) in [5.74, 6) is -0.0166. The number of amides is 2. The highest BCUT2D eigenvalue weighted by atomic mass is 16.5. The van der Waals surface area contributed by atoms with Crippen LogP contribution in [0.2, 0.25) is 0 Å². The molecule has 0 bridgehead atoms. The van der Waals surface area contributed by atoms with Crippen molar-refractivity contribution in [3.63, 3.8) is 0 Å². The van der Waals surface area contributed by atoms with E-state index in [4.69, 9.17) is 4.52 Å². The zero-order chi connectivity index (χ0) is 15.7. The third-order valence-corrected chi connectivity index (χ3v) is 3.57. The first-order valence-electron chi connectivity index (χ1n) is 7.04. The van der Waals surface area contributed by atoms with Crippen LogP contribution < -0.4 is 5.32 Å². The van der Waals surface area contributed by atoms with Gasteiger partial charge < -0.3 is 9.84 Å². The first-order valence-corrected chi connectivity index (χ1v) is 7.04. The molecule has 22 heavy (non-hydrogen) atoms. The third kappa shape index (κ3) is 2.67. The van der Waals surface area contributed by atoms with Crippen molar-refractivity contribution in [3.05, 3.63) is 53.1 Å². The van der Waals surface area contributed by atoms with Gasteiger partial charge in [0.25, 0.3) is 5.91 Å². The summed E-state index contributed by atoms with van der Waals surface area (Å²) in [6, 6.07) is 1.54. The van der Waals surface area contributed by atoms with Crippen molar-refractivity contribution in [2.75, 3.05) is 0 Å². The lowest BCUT2D eigenvalue weighted by atomic mass is 9.86. The fourth-order valence-corrected chi connectivity index (χ4v) is 2.50. The Morgan fingerprint density at radius 2 is 2.27 bits per heavy atom. The van der Waals surface area contributed by atoms with Gasteiger partial charge in [-0.15, -0.1) is 0 Å². The number of hydrogen-bond donors (Lipinski definition) is 1. The molecule has 2 aliphatic rings. The van der Waals surface area contributed by atoms with Crippen LogP contribution in [0.5, 0.6) is 0 Å². The first kappa shape index (κ1) is 14.2. The molecule has 0 saturated heterocycles. The van der Waals surface area contributed by atoms with E-state index in [9.17, 15) is 9.59 Å². The lowest BCUT2D eigenvalue weighted by Gasteiger charge is -2.26. The number of carbonyl (C=O) groups excluding carboxylic acids is 2. The van der Waals surface area contributed by atoms with Gasteiger partial charge >= 0.3 is 0 Å². The normalized spacial score (nSPS) is 22.0. The van der Waals surface area contributed by atoms with Crippen molar-refractivity contribution in [1.82, 2.24) is 10.5 Å². The van der Waals surface area contributed by atoms with Gasteiger partial charge in [0.15, 0.2) is 5.69 Å². The Hall–Kier alpha value is -2.76. The van der Waals surface area contributed by atoms with E-state index in [1.54, 1.807) is 25.2 Å². The quantitative estimate of drug-likeness (QED) is 0.906. The van der Waals surface area contributed by atoms with E-state index in [2.05, 4.69) is 15.5 Å². The van der Waals surface area contributed by atoms with Crippen molar-refractivity contribution in [2.24, 2.45) is 10.9 Å². The highest BCUT2D eigenvalue weighted by Crippen LogP contribution is 2.28. The number of aliphatic imine (C=N–C) groups is 1. The van der Waals surface area contributed by atoms with Crippen LogP contribution in [0.25, 0.3) is 0 Å². The van der Waals surface area contributed by atoms with Crippen molar-refractivity contribution in [1.29, 1.82) is 0 Å². The number of hydrogen-bond acceptors (Lipinski definition) is 4. The van der Waals surface area contributed by atoms with Gasteiger partial charge in [-0.3, -0.25) is 9.59 Å². The minimum absolute atomic E-state index is 0.0473. The van der Waals surface area contributed by atoms with Crippen LogP contribution in [0, 0.1) is 12.8 Å². The number of aromatic nitrogens is 1. The summed E-state index contributed by atoms with van der Waals surface area (Å²) in [6.45, 7) is 3.72. The van der Waals surface area contributed by atoms with Crippen molar-refractivity contribution >= 4 is 17.5 Å². The molecule has 1 aliphatic carbocycles. The molecule has 2 amide bonds. The van der Waals surface area contributed by atoms with Gasteiger partial charge in [0.05, 0.1) is 5.71 Å². The summed E-state index contributed by atoms with van der Waals surface area (Å²) in [7, 11) is 0. The largest absolute Gasteiger partial charge is 0.361 e. The number of nitrogens with zero attached hydrogens (tertiary/aromatic N) is 2. The molecule has 112 valence electrons. The molecular weight excluding hydrogens is 282 g/mol. The predicted molar refractivity (Wildman–Crippen MR) is 80.2 cm³/mol. The molecule has 1 unspecified atom stereocenters. The molecule has 0 spiro atoms. The fourth-order valence-electron chi connectivity index (χ4n) is 2.50. The summed E-state index contributed by atoms with van der Waals surface area (Å²) >= 11 is 0. The first-order chi connectivity index (χ1) is 10.6. The molecule has 1 N–H and O–H groups in total. The Balaban J connectivity index is 1.87. The van der Waals surface area contributed by atoms with Crippen molar-refractivity contribution < 1.29 is 14.1 Å². The van der Waals surface area contributed by atoms with E-state index in [1.807, 2.05) is 13.0 Å². The standard InChI is InChI=1S/C16H15N3O3/c1-3-10-7-15(20)18-13-8-11(4-5-12(10)13)17-16(21)14-6-9(2)22-19-14/h4-8,12H,3H2,1-2H3,(H,18,20). The molecule has 1 atom stereocenters. The fraction of sp³-hybridized carbons (Fsp3) is 0.250. The van der Waals surface area contributed by atoms with Crippen LogP contribution >= 0.6 is 0 Å². The zero-order valence-corrected chi connectivity index (χ0v) is 12.3. The zero-order valence-electron chi connectivity index (χ0n) is 12.3. The molecule has 6 nitrogen and oxygen atoms in total. The highest BCUT2D eigenvalue weighted by molar-refractivity contribution is 6.13. The molecule has 0 saturated carbocycles. The molecule has 1 aromatic heterocycles. The smallest absolute Gasteiger partial charge is 0.299 e. The predicted octanol–water partition coefficient (Wildman–Crippen LogP) is 2.10. The number of aryl methyl sites for hydroxylation is 1. The molecule has 6 heteroatoms. The van der Waals surface area contributed by atoms with Crippen LogP contribution in [-0.2, 0) is 4.79 Å². The lowest BCUT2D eigenvalue weighted by Crippen LogP contribution is -2.33. The summed E-state index contributed by atoms with van der Waals surface area (Å²) < 4.78 is 4.87. The Morgan fingerprint density at radius 1 is 1.45 bits per heavy atom. The Morgan fingerprint density at radius 3 is 2.95 bits per heavy atom. The second kappa shape index (κ2) is 5.55. The van der Waals surface area contributed by atoms with Crippen molar-refractivity contribution in [2.45, 2.75) is 20.3 Å². The Kier molecular flexibility index (Phi) is 3.58. The van der Waals surface area contributed by atoms with Crippen LogP contribution in [0.4, 0.5) is 0 Å². The van der Waals surface area contributed by atoms with Gasteiger partial charge in [-0.2, -0.15) is 0 Å². The Bertz CT molecular complexity index is 765. The molecule has 0 aromatic carbocycles. The van der Waals surface area contributed by atoms with Crippen LogP contribution in [0.15, 0.2) is 51.2 Å². The second-order valence-electron chi connectivity index (χ2n) is 5.16. The number of rotatable bonds is 2. The SMILES string of the molecule is CCC1=CC(=O)NC2=CC(=NC(=O)c3cc(C)on3)C=CC12. The maximum absolute atomic E-state index is 12.0. The average molecular weight is 297 g/mol. The summed E-state index contributed by atoms with van der Waals surface area (Å²) in [6.07, 6.45) is 7.85.